The van der Waals surface area contributed by atoms with Crippen LogP contribution in [0.4, 0.5) is 18.9 Å². The number of hydrogen-bond acceptors (Lipinski definition) is 4. The monoisotopic (exact) mass is 471 g/mol. The van der Waals surface area contributed by atoms with Gasteiger partial charge in [0.05, 0.1) is 17.2 Å². The van der Waals surface area contributed by atoms with Gasteiger partial charge in [0.2, 0.25) is 0 Å². The lowest BCUT2D eigenvalue weighted by atomic mass is 9.71. The standard InChI is InChI=1S/C26H28F3N3O2/c1-17-3-4-18(2)22(11-17)24(34)32-14-20(15-33)25(16-32)7-9-31(10-8-25)21-6-5-19(13-30)23(12-21)26(27,28)29/h3-6,11-12,20,33H,7-10,14-16H2,1-2H3. The highest BCUT2D eigenvalue weighted by Crippen LogP contribution is 2.46. The van der Waals surface area contributed by atoms with Crippen LogP contribution in [-0.4, -0.2) is 48.7 Å². The highest BCUT2D eigenvalue weighted by Gasteiger charge is 2.49. The number of carbonyl (C=O) groups excluding carboxylic acids is 1. The zero-order valence-electron chi connectivity index (χ0n) is 19.3. The molecule has 2 aromatic carbocycles. The Morgan fingerprint density at radius 2 is 1.88 bits per heavy atom. The molecule has 4 rings (SSSR count). The Labute approximate surface area is 197 Å². The van der Waals surface area contributed by atoms with Crippen molar-refractivity contribution in [1.82, 2.24) is 4.90 Å². The zero-order valence-corrected chi connectivity index (χ0v) is 19.3. The van der Waals surface area contributed by atoms with E-state index in [9.17, 15) is 23.1 Å². The summed E-state index contributed by atoms with van der Waals surface area (Å²) in [5.74, 6) is -0.115. The highest BCUT2D eigenvalue weighted by molar-refractivity contribution is 5.96. The van der Waals surface area contributed by atoms with Crippen molar-refractivity contribution in [3.63, 3.8) is 0 Å². The van der Waals surface area contributed by atoms with Gasteiger partial charge in [0, 0.05) is 50.0 Å². The van der Waals surface area contributed by atoms with E-state index < -0.39 is 11.7 Å². The van der Waals surface area contributed by atoms with Gasteiger partial charge in [-0.25, -0.2) is 0 Å². The minimum absolute atomic E-state index is 0.0360. The third-order valence-corrected chi connectivity index (χ3v) is 7.50. The summed E-state index contributed by atoms with van der Waals surface area (Å²) in [6.07, 6.45) is -3.27. The first-order chi connectivity index (χ1) is 16.1. The molecule has 2 fully saturated rings. The van der Waals surface area contributed by atoms with E-state index in [2.05, 4.69) is 0 Å². The number of nitrogens with zero attached hydrogens (tertiary/aromatic N) is 3. The van der Waals surface area contributed by atoms with Gasteiger partial charge in [-0.05, 0) is 61.9 Å². The first kappa shape index (κ1) is 24.1. The number of rotatable bonds is 3. The molecule has 2 aromatic rings. The minimum Gasteiger partial charge on any atom is -0.396 e. The maximum absolute atomic E-state index is 13.4. The maximum atomic E-state index is 13.4. The Hall–Kier alpha value is -3.05. The SMILES string of the molecule is Cc1ccc(C)c(C(=O)N2CC(CO)C3(CCN(c4ccc(C#N)c(C(F)(F)F)c4)CC3)C2)c1. The van der Waals surface area contributed by atoms with E-state index in [0.29, 0.717) is 50.3 Å². The van der Waals surface area contributed by atoms with E-state index in [4.69, 9.17) is 5.26 Å². The molecule has 1 N–H and O–H groups in total. The lowest BCUT2D eigenvalue weighted by Crippen LogP contribution is -2.45. The van der Waals surface area contributed by atoms with Crippen LogP contribution in [0.1, 0.15) is 45.5 Å². The van der Waals surface area contributed by atoms with Crippen molar-refractivity contribution in [2.45, 2.75) is 32.9 Å². The summed E-state index contributed by atoms with van der Waals surface area (Å²) in [4.78, 5) is 17.0. The summed E-state index contributed by atoms with van der Waals surface area (Å²) in [5, 5.41) is 19.2. The van der Waals surface area contributed by atoms with Gasteiger partial charge in [0.1, 0.15) is 0 Å². The van der Waals surface area contributed by atoms with Crippen LogP contribution in [-0.2, 0) is 6.18 Å². The quantitative estimate of drug-likeness (QED) is 0.714. The van der Waals surface area contributed by atoms with Crippen molar-refractivity contribution in [3.05, 3.63) is 64.2 Å². The second-order valence-electron chi connectivity index (χ2n) is 9.57. The Morgan fingerprint density at radius 3 is 2.50 bits per heavy atom. The number of hydrogen-bond donors (Lipinski definition) is 1. The third kappa shape index (κ3) is 4.37. The minimum atomic E-state index is -4.60. The van der Waals surface area contributed by atoms with Crippen LogP contribution in [0.3, 0.4) is 0 Å². The molecule has 1 amide bonds. The number of benzene rings is 2. The molecule has 2 aliphatic rings. The summed E-state index contributed by atoms with van der Waals surface area (Å²) in [6.45, 7) is 5.86. The number of aliphatic hydroxyl groups is 1. The van der Waals surface area contributed by atoms with Crippen LogP contribution in [0.15, 0.2) is 36.4 Å². The summed E-state index contributed by atoms with van der Waals surface area (Å²) >= 11 is 0. The molecule has 0 saturated carbocycles. The second kappa shape index (κ2) is 8.95. The van der Waals surface area contributed by atoms with Crippen molar-refractivity contribution in [2.24, 2.45) is 11.3 Å². The molecule has 2 saturated heterocycles. The number of halogens is 3. The van der Waals surface area contributed by atoms with E-state index in [1.165, 1.54) is 6.07 Å². The Kier molecular flexibility index (Phi) is 6.34. The Morgan fingerprint density at radius 1 is 1.18 bits per heavy atom. The third-order valence-electron chi connectivity index (χ3n) is 7.50. The molecule has 8 heteroatoms. The first-order valence-corrected chi connectivity index (χ1v) is 11.4. The van der Waals surface area contributed by atoms with Crippen molar-refractivity contribution < 1.29 is 23.1 Å². The zero-order chi connectivity index (χ0) is 24.7. The summed E-state index contributed by atoms with van der Waals surface area (Å²) in [5.41, 5.74) is 1.45. The second-order valence-corrected chi connectivity index (χ2v) is 9.57. The molecule has 0 bridgehead atoms. The molecular weight excluding hydrogens is 443 g/mol. The lowest BCUT2D eigenvalue weighted by molar-refractivity contribution is -0.137. The number of amides is 1. The Bertz CT molecular complexity index is 1130. The van der Waals surface area contributed by atoms with Gasteiger partial charge in [-0.3, -0.25) is 4.79 Å². The molecule has 1 spiro atoms. The molecule has 1 atom stereocenters. The van der Waals surface area contributed by atoms with Crippen LogP contribution < -0.4 is 4.90 Å². The lowest BCUT2D eigenvalue weighted by Gasteiger charge is -2.43. The smallest absolute Gasteiger partial charge is 0.396 e. The Balaban J connectivity index is 1.52. The number of carbonyl (C=O) groups is 1. The number of alkyl halides is 3. The first-order valence-electron chi connectivity index (χ1n) is 11.4. The van der Waals surface area contributed by atoms with Crippen LogP contribution in [0.5, 0.6) is 0 Å². The normalized spacial score (nSPS) is 20.0. The van der Waals surface area contributed by atoms with Gasteiger partial charge >= 0.3 is 6.18 Å². The topological polar surface area (TPSA) is 67.6 Å². The molecule has 5 nitrogen and oxygen atoms in total. The van der Waals surface area contributed by atoms with Crippen LogP contribution in [0.25, 0.3) is 0 Å². The van der Waals surface area contributed by atoms with Gasteiger partial charge < -0.3 is 14.9 Å². The molecule has 2 aliphatic heterocycles. The van der Waals surface area contributed by atoms with Crippen molar-refractivity contribution in [1.29, 1.82) is 5.26 Å². The van der Waals surface area contributed by atoms with Crippen molar-refractivity contribution >= 4 is 11.6 Å². The number of likely N-dealkylation sites (tertiary alicyclic amines) is 1. The van der Waals surface area contributed by atoms with Gasteiger partial charge in [-0.2, -0.15) is 18.4 Å². The van der Waals surface area contributed by atoms with Gasteiger partial charge in [-0.1, -0.05) is 17.7 Å². The fraction of sp³-hybridized carbons (Fsp3) is 0.462. The van der Waals surface area contributed by atoms with E-state index in [-0.39, 0.29) is 29.4 Å². The van der Waals surface area contributed by atoms with E-state index in [1.54, 1.807) is 12.1 Å². The molecule has 34 heavy (non-hydrogen) atoms. The van der Waals surface area contributed by atoms with Gasteiger partial charge in [-0.15, -0.1) is 0 Å². The fourth-order valence-electron chi connectivity index (χ4n) is 5.41. The van der Waals surface area contributed by atoms with Gasteiger partial charge in [0.25, 0.3) is 5.91 Å². The largest absolute Gasteiger partial charge is 0.417 e. The number of anilines is 1. The predicted octanol–water partition coefficient (Wildman–Crippen LogP) is 4.55. The molecule has 0 aliphatic carbocycles. The number of piperidine rings is 1. The van der Waals surface area contributed by atoms with Crippen LogP contribution in [0, 0.1) is 36.5 Å². The molecule has 180 valence electrons. The van der Waals surface area contributed by atoms with Crippen molar-refractivity contribution in [3.8, 4) is 6.07 Å². The molecular formula is C26H28F3N3O2. The van der Waals surface area contributed by atoms with Gasteiger partial charge in [0.15, 0.2) is 0 Å². The van der Waals surface area contributed by atoms with E-state index >= 15 is 0 Å². The van der Waals surface area contributed by atoms with Crippen LogP contribution >= 0.6 is 0 Å². The number of aliphatic hydroxyl groups excluding tert-OH is 1. The predicted molar refractivity (Wildman–Crippen MR) is 122 cm³/mol. The van der Waals surface area contributed by atoms with E-state index in [0.717, 1.165) is 17.2 Å². The summed E-state index contributed by atoms with van der Waals surface area (Å²) in [7, 11) is 0. The van der Waals surface area contributed by atoms with Crippen LogP contribution in [0.2, 0.25) is 0 Å². The molecule has 0 radical (unpaired) electrons. The number of nitriles is 1. The fourth-order valence-corrected chi connectivity index (χ4v) is 5.41. The van der Waals surface area contributed by atoms with E-state index in [1.807, 2.05) is 41.8 Å². The average molecular weight is 472 g/mol. The summed E-state index contributed by atoms with van der Waals surface area (Å²) < 4.78 is 40.2. The number of aryl methyl sites for hydroxylation is 2. The highest BCUT2D eigenvalue weighted by atomic mass is 19.4. The van der Waals surface area contributed by atoms with Crippen molar-refractivity contribution in [2.75, 3.05) is 37.7 Å². The average Bonchev–Trinajstić information content (AvgIpc) is 3.17. The maximum Gasteiger partial charge on any atom is 0.417 e. The summed E-state index contributed by atoms with van der Waals surface area (Å²) in [6, 6.07) is 11.2. The molecule has 2 heterocycles. The molecule has 1 unspecified atom stereocenters. The molecule has 0 aromatic heterocycles.